The van der Waals surface area contributed by atoms with E-state index in [1.165, 1.54) is 17.3 Å². The van der Waals surface area contributed by atoms with Gasteiger partial charge in [0.15, 0.2) is 0 Å². The molecule has 0 unspecified atom stereocenters. The van der Waals surface area contributed by atoms with Gasteiger partial charge in [0.05, 0.1) is 17.5 Å². The molecule has 0 spiro atoms. The fourth-order valence-corrected chi connectivity index (χ4v) is 3.82. The summed E-state index contributed by atoms with van der Waals surface area (Å²) in [4.78, 5) is 12.5. The summed E-state index contributed by atoms with van der Waals surface area (Å²) in [6.07, 6.45) is 0.833. The normalized spacial score (nSPS) is 12.0. The molecule has 0 fully saturated rings. The summed E-state index contributed by atoms with van der Waals surface area (Å²) < 4.78 is 1.71. The van der Waals surface area contributed by atoms with Crippen LogP contribution in [-0.4, -0.2) is 31.9 Å². The van der Waals surface area contributed by atoms with Crippen LogP contribution in [0.3, 0.4) is 0 Å². The number of carbonyl (C=O) groups excluding carboxylic acids is 1. The molecule has 1 aromatic heterocycles. The Hall–Kier alpha value is -2.67. The summed E-state index contributed by atoms with van der Waals surface area (Å²) in [7, 11) is 0. The lowest BCUT2D eigenvalue weighted by atomic mass is 10.0. The maximum Gasteiger partial charge on any atom is 0.230 e. The van der Waals surface area contributed by atoms with Crippen LogP contribution in [0.15, 0.2) is 47.6 Å². The number of tetrazole rings is 1. The summed E-state index contributed by atoms with van der Waals surface area (Å²) in [6, 6.07) is 14.3. The second kappa shape index (κ2) is 9.01. The average molecular weight is 396 g/mol. The summed E-state index contributed by atoms with van der Waals surface area (Å²) in [5.74, 6) is 0.224. The molecule has 7 heteroatoms. The minimum absolute atomic E-state index is 0.00306. The van der Waals surface area contributed by atoms with E-state index in [1.807, 2.05) is 32.0 Å². The van der Waals surface area contributed by atoms with Gasteiger partial charge in [-0.3, -0.25) is 4.79 Å². The molecular formula is C21H25N5OS. The van der Waals surface area contributed by atoms with E-state index in [4.69, 9.17) is 0 Å². The van der Waals surface area contributed by atoms with Crippen LogP contribution in [0.4, 0.5) is 0 Å². The van der Waals surface area contributed by atoms with E-state index in [9.17, 15) is 4.79 Å². The molecule has 28 heavy (non-hydrogen) atoms. The number of nitrogens with zero attached hydrogens (tertiary/aromatic N) is 4. The van der Waals surface area contributed by atoms with Crippen molar-refractivity contribution in [1.82, 2.24) is 25.5 Å². The Bertz CT molecular complexity index is 931. The van der Waals surface area contributed by atoms with E-state index < -0.39 is 0 Å². The van der Waals surface area contributed by atoms with E-state index >= 15 is 0 Å². The highest BCUT2D eigenvalue weighted by molar-refractivity contribution is 7.99. The molecule has 0 aliphatic heterocycles. The predicted octanol–water partition coefficient (Wildman–Crippen LogP) is 3.95. The minimum Gasteiger partial charge on any atom is -0.349 e. The molecule has 0 radical (unpaired) electrons. The molecule has 0 aliphatic carbocycles. The van der Waals surface area contributed by atoms with Crippen molar-refractivity contribution in [3.05, 3.63) is 64.7 Å². The third kappa shape index (κ3) is 4.59. The van der Waals surface area contributed by atoms with Gasteiger partial charge in [-0.15, -0.1) is 5.10 Å². The lowest BCUT2D eigenvalue weighted by Gasteiger charge is -2.17. The molecule has 2 aromatic carbocycles. The van der Waals surface area contributed by atoms with Gasteiger partial charge in [0.25, 0.3) is 0 Å². The fraction of sp³-hybridized carbons (Fsp3) is 0.333. The largest absolute Gasteiger partial charge is 0.349 e. The Balaban J connectivity index is 1.67. The highest BCUT2D eigenvalue weighted by Gasteiger charge is 2.17. The minimum atomic E-state index is -0.0338. The number of hydrogen-bond donors (Lipinski definition) is 1. The van der Waals surface area contributed by atoms with E-state index in [0.717, 1.165) is 28.8 Å². The summed E-state index contributed by atoms with van der Waals surface area (Å²) in [5, 5.41) is 15.7. The number of thioether (sulfide) groups is 1. The topological polar surface area (TPSA) is 72.7 Å². The second-order valence-electron chi connectivity index (χ2n) is 6.84. The highest BCUT2D eigenvalue weighted by Crippen LogP contribution is 2.24. The summed E-state index contributed by atoms with van der Waals surface area (Å²) in [5.41, 5.74) is 5.46. The van der Waals surface area contributed by atoms with Crippen molar-refractivity contribution in [2.75, 3.05) is 5.75 Å². The standard InChI is InChI=1S/C21H25N5OS/c1-5-18(17-11-9-14(2)10-12-17)22-19(27)13-28-21-23-24-25-26(21)20-15(3)7-6-8-16(20)4/h6-12,18H,5,13H2,1-4H3,(H,22,27)/t18-/m1/s1. The van der Waals surface area contributed by atoms with Crippen LogP contribution >= 0.6 is 11.8 Å². The second-order valence-corrected chi connectivity index (χ2v) is 7.78. The maximum absolute atomic E-state index is 12.5. The maximum atomic E-state index is 12.5. The third-order valence-electron chi connectivity index (χ3n) is 4.65. The van der Waals surface area contributed by atoms with Gasteiger partial charge < -0.3 is 5.32 Å². The van der Waals surface area contributed by atoms with Gasteiger partial charge in [-0.05, 0) is 54.3 Å². The average Bonchev–Trinajstić information content (AvgIpc) is 3.13. The number of carbonyl (C=O) groups is 1. The monoisotopic (exact) mass is 395 g/mol. The van der Waals surface area contributed by atoms with Gasteiger partial charge in [0.2, 0.25) is 11.1 Å². The number of rotatable bonds is 7. The van der Waals surface area contributed by atoms with Crippen LogP contribution in [0, 0.1) is 20.8 Å². The molecule has 6 nitrogen and oxygen atoms in total. The van der Waals surface area contributed by atoms with Crippen molar-refractivity contribution in [2.45, 2.75) is 45.3 Å². The van der Waals surface area contributed by atoms with Gasteiger partial charge in [-0.1, -0.05) is 66.7 Å². The zero-order valence-corrected chi connectivity index (χ0v) is 17.5. The molecule has 1 atom stereocenters. The van der Waals surface area contributed by atoms with Crippen molar-refractivity contribution in [3.8, 4) is 5.69 Å². The van der Waals surface area contributed by atoms with Crippen LogP contribution in [-0.2, 0) is 4.79 Å². The van der Waals surface area contributed by atoms with Gasteiger partial charge in [-0.25, -0.2) is 0 Å². The quantitative estimate of drug-likeness (QED) is 0.613. The number of benzene rings is 2. The Morgan fingerprint density at radius 3 is 2.43 bits per heavy atom. The van der Waals surface area contributed by atoms with Gasteiger partial charge >= 0.3 is 0 Å². The molecule has 1 heterocycles. The first-order valence-corrected chi connectivity index (χ1v) is 10.3. The van der Waals surface area contributed by atoms with Crippen LogP contribution in [0.1, 0.15) is 41.6 Å². The fourth-order valence-electron chi connectivity index (χ4n) is 3.13. The van der Waals surface area contributed by atoms with Crippen LogP contribution in [0.5, 0.6) is 0 Å². The SMILES string of the molecule is CC[C@@H](NC(=O)CSc1nnnn1-c1c(C)cccc1C)c1ccc(C)cc1. The summed E-state index contributed by atoms with van der Waals surface area (Å²) >= 11 is 1.34. The van der Waals surface area contributed by atoms with Crippen molar-refractivity contribution in [2.24, 2.45) is 0 Å². The van der Waals surface area contributed by atoms with E-state index in [2.05, 4.69) is 59.0 Å². The number of aromatic nitrogens is 4. The molecular weight excluding hydrogens is 370 g/mol. The van der Waals surface area contributed by atoms with Crippen LogP contribution < -0.4 is 5.32 Å². The lowest BCUT2D eigenvalue weighted by molar-refractivity contribution is -0.119. The van der Waals surface area contributed by atoms with Crippen molar-refractivity contribution in [1.29, 1.82) is 0 Å². The number of nitrogens with one attached hydrogen (secondary N) is 1. The number of para-hydroxylation sites is 1. The van der Waals surface area contributed by atoms with Crippen LogP contribution in [0.25, 0.3) is 5.69 Å². The Kier molecular flexibility index (Phi) is 6.46. The third-order valence-corrected chi connectivity index (χ3v) is 5.57. The Labute approximate surface area is 169 Å². The molecule has 0 saturated carbocycles. The molecule has 3 aromatic rings. The predicted molar refractivity (Wildman–Crippen MR) is 112 cm³/mol. The summed E-state index contributed by atoms with van der Waals surface area (Å²) in [6.45, 7) is 8.18. The molecule has 0 bridgehead atoms. The van der Waals surface area contributed by atoms with Gasteiger partial charge in [0, 0.05) is 0 Å². The van der Waals surface area contributed by atoms with E-state index in [0.29, 0.717) is 5.16 Å². The first-order chi connectivity index (χ1) is 13.5. The first-order valence-electron chi connectivity index (χ1n) is 9.33. The van der Waals surface area contributed by atoms with E-state index in [-0.39, 0.29) is 17.7 Å². The number of aryl methyl sites for hydroxylation is 3. The molecule has 0 saturated heterocycles. The number of amides is 1. The number of hydrogen-bond acceptors (Lipinski definition) is 5. The van der Waals surface area contributed by atoms with Gasteiger partial charge in [-0.2, -0.15) is 4.68 Å². The first kappa shape index (κ1) is 20.1. The highest BCUT2D eigenvalue weighted by atomic mass is 32.2. The van der Waals surface area contributed by atoms with Crippen molar-refractivity contribution >= 4 is 17.7 Å². The smallest absolute Gasteiger partial charge is 0.230 e. The zero-order chi connectivity index (χ0) is 20.1. The Morgan fingerprint density at radius 2 is 1.79 bits per heavy atom. The molecule has 3 rings (SSSR count). The van der Waals surface area contributed by atoms with Crippen molar-refractivity contribution < 1.29 is 4.79 Å². The van der Waals surface area contributed by atoms with Crippen LogP contribution in [0.2, 0.25) is 0 Å². The molecule has 1 N–H and O–H groups in total. The molecule has 146 valence electrons. The molecule has 1 amide bonds. The molecule has 0 aliphatic rings. The van der Waals surface area contributed by atoms with E-state index in [1.54, 1.807) is 4.68 Å². The van der Waals surface area contributed by atoms with Crippen molar-refractivity contribution in [3.63, 3.8) is 0 Å². The van der Waals surface area contributed by atoms with Gasteiger partial charge in [0.1, 0.15) is 0 Å². The lowest BCUT2D eigenvalue weighted by Crippen LogP contribution is -2.29. The Morgan fingerprint density at radius 1 is 1.11 bits per heavy atom. The zero-order valence-electron chi connectivity index (χ0n) is 16.6.